The molecule has 3 nitrogen and oxygen atoms in total. The Balaban J connectivity index is 3.64. The van der Waals surface area contributed by atoms with Crippen LogP contribution in [0.25, 0.3) is 0 Å². The average Bonchev–Trinajstić information content (AvgIpc) is 2.13. The van der Waals surface area contributed by atoms with E-state index in [0.717, 1.165) is 0 Å². The highest BCUT2D eigenvalue weighted by molar-refractivity contribution is 9.10. The van der Waals surface area contributed by atoms with Crippen molar-refractivity contribution in [2.45, 2.75) is 12.4 Å². The van der Waals surface area contributed by atoms with Gasteiger partial charge in [-0.05, 0) is 15.9 Å². The van der Waals surface area contributed by atoms with Crippen molar-refractivity contribution in [3.05, 3.63) is 37.8 Å². The van der Waals surface area contributed by atoms with E-state index in [9.17, 15) is 36.5 Å². The van der Waals surface area contributed by atoms with Gasteiger partial charge in [-0.25, -0.2) is 0 Å². The summed E-state index contributed by atoms with van der Waals surface area (Å²) in [4.78, 5) is 9.00. The van der Waals surface area contributed by atoms with E-state index in [1.54, 1.807) is 0 Å². The van der Waals surface area contributed by atoms with Gasteiger partial charge in [0.25, 0.3) is 5.69 Å². The molecule has 0 saturated heterocycles. The molecule has 1 rings (SSSR count). The molecule has 0 aliphatic rings. The molecule has 0 aromatic heterocycles. The van der Waals surface area contributed by atoms with Crippen molar-refractivity contribution in [2.75, 3.05) is 0 Å². The van der Waals surface area contributed by atoms with Gasteiger partial charge in [-0.3, -0.25) is 10.1 Å². The van der Waals surface area contributed by atoms with Crippen LogP contribution >= 0.6 is 15.9 Å². The number of nitrogens with zero attached hydrogens (tertiary/aromatic N) is 1. The van der Waals surface area contributed by atoms with Crippen LogP contribution in [0, 0.1) is 10.1 Å². The van der Waals surface area contributed by atoms with Gasteiger partial charge in [0.05, 0.1) is 16.1 Å². The van der Waals surface area contributed by atoms with Crippen LogP contribution in [0.1, 0.15) is 11.1 Å². The van der Waals surface area contributed by atoms with Crippen molar-refractivity contribution in [1.82, 2.24) is 0 Å². The smallest absolute Gasteiger partial charge is 0.258 e. The SMILES string of the molecule is O=[N+]([O-])c1cc(C(F)(F)F)c(Br)c(C(F)(F)F)c1. The Morgan fingerprint density at radius 2 is 1.33 bits per heavy atom. The molecular weight excluding hydrogens is 336 g/mol. The topological polar surface area (TPSA) is 43.1 Å². The van der Waals surface area contributed by atoms with Gasteiger partial charge in [0.1, 0.15) is 0 Å². The first kappa shape index (κ1) is 14.7. The summed E-state index contributed by atoms with van der Waals surface area (Å²) in [5.74, 6) is 0. The van der Waals surface area contributed by atoms with Gasteiger partial charge in [0.2, 0.25) is 0 Å². The van der Waals surface area contributed by atoms with Crippen molar-refractivity contribution < 1.29 is 31.3 Å². The third kappa shape index (κ3) is 2.92. The zero-order valence-electron chi connectivity index (χ0n) is 8.06. The third-order valence-corrected chi connectivity index (χ3v) is 2.73. The lowest BCUT2D eigenvalue weighted by molar-refractivity contribution is -0.385. The zero-order chi connectivity index (χ0) is 14.3. The first-order valence-electron chi connectivity index (χ1n) is 4.07. The van der Waals surface area contributed by atoms with Crippen molar-refractivity contribution in [1.29, 1.82) is 0 Å². The summed E-state index contributed by atoms with van der Waals surface area (Å²) in [7, 11) is 0. The Hall–Kier alpha value is -1.32. The van der Waals surface area contributed by atoms with Gasteiger partial charge in [0.15, 0.2) is 0 Å². The molecule has 0 spiro atoms. The number of non-ortho nitro benzene ring substituents is 1. The molecule has 0 amide bonds. The van der Waals surface area contributed by atoms with Gasteiger partial charge < -0.3 is 0 Å². The second-order valence-electron chi connectivity index (χ2n) is 3.11. The highest BCUT2D eigenvalue weighted by Crippen LogP contribution is 2.44. The summed E-state index contributed by atoms with van der Waals surface area (Å²) in [6, 6.07) is 0.0820. The third-order valence-electron chi connectivity index (χ3n) is 1.88. The fourth-order valence-electron chi connectivity index (χ4n) is 1.13. The largest absolute Gasteiger partial charge is 0.417 e. The van der Waals surface area contributed by atoms with E-state index >= 15 is 0 Å². The second-order valence-corrected chi connectivity index (χ2v) is 3.90. The molecule has 0 unspecified atom stereocenters. The van der Waals surface area contributed by atoms with Crippen LogP contribution < -0.4 is 0 Å². The molecule has 1 aromatic carbocycles. The van der Waals surface area contributed by atoms with Crippen LogP contribution in [0.5, 0.6) is 0 Å². The molecule has 0 saturated carbocycles. The summed E-state index contributed by atoms with van der Waals surface area (Å²) < 4.78 is 73.4. The first-order chi connectivity index (χ1) is 7.94. The number of benzene rings is 1. The molecule has 0 aliphatic heterocycles. The maximum absolute atomic E-state index is 12.4. The van der Waals surface area contributed by atoms with Gasteiger partial charge in [-0.1, -0.05) is 0 Å². The fraction of sp³-hybridized carbons (Fsp3) is 0.250. The van der Waals surface area contributed by atoms with Crippen LogP contribution in [0.3, 0.4) is 0 Å². The Bertz CT molecular complexity index is 460. The van der Waals surface area contributed by atoms with E-state index in [-0.39, 0.29) is 12.1 Å². The number of halogens is 7. The second kappa shape index (κ2) is 4.41. The van der Waals surface area contributed by atoms with E-state index in [4.69, 9.17) is 0 Å². The minimum atomic E-state index is -5.13. The minimum absolute atomic E-state index is 0.0410. The molecular formula is C8H2BrF6NO2. The van der Waals surface area contributed by atoms with Crippen LogP contribution in [0.4, 0.5) is 32.0 Å². The summed E-state index contributed by atoms with van der Waals surface area (Å²) in [6.07, 6.45) is -10.3. The molecule has 0 heterocycles. The molecule has 0 bridgehead atoms. The van der Waals surface area contributed by atoms with E-state index in [0.29, 0.717) is 0 Å². The lowest BCUT2D eigenvalue weighted by Crippen LogP contribution is -2.13. The average molecular weight is 338 g/mol. The molecule has 100 valence electrons. The van der Waals surface area contributed by atoms with E-state index in [1.807, 2.05) is 0 Å². The molecule has 0 N–H and O–H groups in total. The van der Waals surface area contributed by atoms with Crippen molar-refractivity contribution in [3.8, 4) is 0 Å². The first-order valence-corrected chi connectivity index (χ1v) is 4.86. The predicted octanol–water partition coefficient (Wildman–Crippen LogP) is 4.39. The normalized spacial score (nSPS) is 12.6. The Morgan fingerprint density at radius 1 is 1.00 bits per heavy atom. The van der Waals surface area contributed by atoms with Crippen LogP contribution in [0.15, 0.2) is 16.6 Å². The maximum atomic E-state index is 12.4. The predicted molar refractivity (Wildman–Crippen MR) is 50.8 cm³/mol. The van der Waals surface area contributed by atoms with E-state index in [1.165, 1.54) is 0 Å². The Morgan fingerprint density at radius 3 is 1.56 bits per heavy atom. The molecule has 0 fully saturated rings. The summed E-state index contributed by atoms with van der Waals surface area (Å²) >= 11 is 2.17. The van der Waals surface area contributed by atoms with E-state index < -0.39 is 38.6 Å². The van der Waals surface area contributed by atoms with Gasteiger partial charge in [-0.15, -0.1) is 0 Å². The standard InChI is InChI=1S/C8H2BrF6NO2/c9-6-4(7(10,11)12)1-3(16(17)18)2-5(6)8(13,14)15/h1-2H. The van der Waals surface area contributed by atoms with Crippen molar-refractivity contribution in [2.24, 2.45) is 0 Å². The van der Waals surface area contributed by atoms with E-state index in [2.05, 4.69) is 15.9 Å². The van der Waals surface area contributed by atoms with Crippen LogP contribution in [0.2, 0.25) is 0 Å². The summed E-state index contributed by atoms with van der Waals surface area (Å²) in [6.45, 7) is 0. The lowest BCUT2D eigenvalue weighted by Gasteiger charge is -2.14. The number of rotatable bonds is 1. The highest BCUT2D eigenvalue weighted by atomic mass is 79.9. The highest BCUT2D eigenvalue weighted by Gasteiger charge is 2.42. The van der Waals surface area contributed by atoms with Crippen molar-refractivity contribution >= 4 is 21.6 Å². The fourth-order valence-corrected chi connectivity index (χ4v) is 1.81. The zero-order valence-corrected chi connectivity index (χ0v) is 9.65. The molecule has 1 aromatic rings. The monoisotopic (exact) mass is 337 g/mol. The number of alkyl halides is 6. The molecule has 0 radical (unpaired) electrons. The lowest BCUT2D eigenvalue weighted by atomic mass is 10.1. The number of hydrogen-bond donors (Lipinski definition) is 0. The van der Waals surface area contributed by atoms with Crippen molar-refractivity contribution in [3.63, 3.8) is 0 Å². The number of nitro benzene ring substituents is 1. The molecule has 18 heavy (non-hydrogen) atoms. The maximum Gasteiger partial charge on any atom is 0.417 e. The Labute approximate surface area is 104 Å². The van der Waals surface area contributed by atoms with Gasteiger partial charge >= 0.3 is 12.4 Å². The van der Waals surface area contributed by atoms with Gasteiger partial charge in [-0.2, -0.15) is 26.3 Å². The molecule has 10 heteroatoms. The minimum Gasteiger partial charge on any atom is -0.258 e. The quantitative estimate of drug-likeness (QED) is 0.433. The molecule has 0 aliphatic carbocycles. The number of nitro groups is 1. The number of hydrogen-bond acceptors (Lipinski definition) is 2. The summed E-state index contributed by atoms with van der Waals surface area (Å²) in [5.41, 5.74) is -4.77. The van der Waals surface area contributed by atoms with Crippen LogP contribution in [-0.2, 0) is 12.4 Å². The molecule has 0 atom stereocenters. The Kier molecular flexibility index (Phi) is 3.61. The van der Waals surface area contributed by atoms with Crippen LogP contribution in [-0.4, -0.2) is 4.92 Å². The summed E-state index contributed by atoms with van der Waals surface area (Å²) in [5, 5.41) is 10.3. The van der Waals surface area contributed by atoms with Gasteiger partial charge in [0, 0.05) is 16.6 Å².